The van der Waals surface area contributed by atoms with E-state index in [1.54, 1.807) is 12.1 Å². The van der Waals surface area contributed by atoms with Crippen molar-refractivity contribution in [3.63, 3.8) is 0 Å². The second kappa shape index (κ2) is 5.19. The van der Waals surface area contributed by atoms with Crippen molar-refractivity contribution in [3.05, 3.63) is 29.8 Å². The van der Waals surface area contributed by atoms with Crippen molar-refractivity contribution >= 4 is 5.91 Å². The van der Waals surface area contributed by atoms with Crippen LogP contribution in [0.4, 0.5) is 0 Å². The number of rotatable bonds is 3. The summed E-state index contributed by atoms with van der Waals surface area (Å²) in [4.78, 5) is 14.1. The van der Waals surface area contributed by atoms with Gasteiger partial charge in [-0.1, -0.05) is 0 Å². The number of benzene rings is 1. The Bertz CT molecular complexity index is 389. The van der Waals surface area contributed by atoms with Gasteiger partial charge in [-0.15, -0.1) is 0 Å². The molecule has 0 aromatic heterocycles. The molecule has 1 heterocycles. The molecule has 1 aromatic carbocycles. The minimum atomic E-state index is -0.0699. The molecule has 1 fully saturated rings. The van der Waals surface area contributed by atoms with Gasteiger partial charge in [0.2, 0.25) is 0 Å². The maximum Gasteiger partial charge on any atom is 0.251 e. The van der Waals surface area contributed by atoms with Crippen LogP contribution in [0.25, 0.3) is 0 Å². The predicted molar refractivity (Wildman–Crippen MR) is 66.0 cm³/mol. The third kappa shape index (κ3) is 3.20. The largest absolute Gasteiger partial charge is 0.508 e. The van der Waals surface area contributed by atoms with E-state index in [1.807, 2.05) is 0 Å². The summed E-state index contributed by atoms with van der Waals surface area (Å²) in [5.74, 6) is 0.666. The maximum absolute atomic E-state index is 11.8. The van der Waals surface area contributed by atoms with Gasteiger partial charge < -0.3 is 15.3 Å². The Labute approximate surface area is 101 Å². The first-order chi connectivity index (χ1) is 8.15. The Kier molecular flexibility index (Phi) is 3.64. The zero-order valence-corrected chi connectivity index (χ0v) is 10.0. The summed E-state index contributed by atoms with van der Waals surface area (Å²) in [6, 6.07) is 6.31. The first-order valence-corrected chi connectivity index (χ1v) is 5.91. The minimum Gasteiger partial charge on any atom is -0.508 e. The van der Waals surface area contributed by atoms with Crippen molar-refractivity contribution in [3.8, 4) is 5.75 Å². The van der Waals surface area contributed by atoms with Gasteiger partial charge in [-0.2, -0.15) is 0 Å². The van der Waals surface area contributed by atoms with Gasteiger partial charge in [0.05, 0.1) is 0 Å². The molecule has 2 N–H and O–H groups in total. The Morgan fingerprint density at radius 1 is 1.47 bits per heavy atom. The molecule has 1 saturated heterocycles. The summed E-state index contributed by atoms with van der Waals surface area (Å²) in [6.45, 7) is 2.89. The Morgan fingerprint density at radius 2 is 2.18 bits per heavy atom. The van der Waals surface area contributed by atoms with Crippen LogP contribution in [0.3, 0.4) is 0 Å². The molecule has 0 radical (unpaired) electrons. The number of carbonyl (C=O) groups is 1. The molecular weight excluding hydrogens is 216 g/mol. The number of likely N-dealkylation sites (tertiary alicyclic amines) is 1. The normalized spacial score (nSPS) is 20.4. The summed E-state index contributed by atoms with van der Waals surface area (Å²) in [5, 5.41) is 12.1. The lowest BCUT2D eigenvalue weighted by atomic mass is 10.1. The number of nitrogens with zero attached hydrogens (tertiary/aromatic N) is 1. The van der Waals surface area contributed by atoms with Crippen molar-refractivity contribution in [2.45, 2.75) is 6.42 Å². The van der Waals surface area contributed by atoms with E-state index in [1.165, 1.54) is 12.1 Å². The van der Waals surface area contributed by atoms with Crippen LogP contribution >= 0.6 is 0 Å². The molecule has 1 atom stereocenters. The standard InChI is InChI=1S/C13H18N2O2/c1-15-7-6-10(9-15)8-14-13(17)11-2-4-12(16)5-3-11/h2-5,10,16H,6-9H2,1H3,(H,14,17). The fraction of sp³-hybridized carbons (Fsp3) is 0.462. The summed E-state index contributed by atoms with van der Waals surface area (Å²) in [5.41, 5.74) is 0.592. The van der Waals surface area contributed by atoms with Gasteiger partial charge in [-0.3, -0.25) is 4.79 Å². The number of amides is 1. The van der Waals surface area contributed by atoms with Crippen LogP contribution in [0.1, 0.15) is 16.8 Å². The Morgan fingerprint density at radius 3 is 2.76 bits per heavy atom. The molecule has 17 heavy (non-hydrogen) atoms. The van der Waals surface area contributed by atoms with Gasteiger partial charge in [-0.05, 0) is 50.2 Å². The smallest absolute Gasteiger partial charge is 0.251 e. The minimum absolute atomic E-state index is 0.0699. The zero-order chi connectivity index (χ0) is 12.3. The summed E-state index contributed by atoms with van der Waals surface area (Å²) in [7, 11) is 2.10. The average Bonchev–Trinajstić information content (AvgIpc) is 2.73. The SMILES string of the molecule is CN1CCC(CNC(=O)c2ccc(O)cc2)C1. The molecule has 92 valence electrons. The van der Waals surface area contributed by atoms with Crippen LogP contribution in [0.2, 0.25) is 0 Å². The topological polar surface area (TPSA) is 52.6 Å². The van der Waals surface area contributed by atoms with Gasteiger partial charge in [0.15, 0.2) is 0 Å². The second-order valence-corrected chi connectivity index (χ2v) is 4.67. The molecule has 4 nitrogen and oxygen atoms in total. The van der Waals surface area contributed by atoms with E-state index >= 15 is 0 Å². The lowest BCUT2D eigenvalue weighted by molar-refractivity contribution is 0.0947. The first-order valence-electron chi connectivity index (χ1n) is 5.91. The molecule has 0 aliphatic carbocycles. The number of aromatic hydroxyl groups is 1. The molecule has 0 spiro atoms. The van der Waals surface area contributed by atoms with Crippen LogP contribution in [0, 0.1) is 5.92 Å². The number of hydrogen-bond donors (Lipinski definition) is 2. The van der Waals surface area contributed by atoms with E-state index in [2.05, 4.69) is 17.3 Å². The molecule has 0 bridgehead atoms. The van der Waals surface area contributed by atoms with Crippen molar-refractivity contribution in [2.24, 2.45) is 5.92 Å². The quantitative estimate of drug-likeness (QED) is 0.822. The lowest BCUT2D eigenvalue weighted by Gasteiger charge is -2.11. The molecule has 1 amide bonds. The molecule has 1 aliphatic heterocycles. The number of phenolic OH excluding ortho intramolecular Hbond substituents is 1. The van der Waals surface area contributed by atoms with Gasteiger partial charge in [0.1, 0.15) is 5.75 Å². The Balaban J connectivity index is 1.83. The predicted octanol–water partition coefficient (Wildman–Crippen LogP) is 1.07. The van der Waals surface area contributed by atoms with Crippen molar-refractivity contribution in [1.82, 2.24) is 10.2 Å². The maximum atomic E-state index is 11.8. The highest BCUT2D eigenvalue weighted by Gasteiger charge is 2.19. The molecule has 0 saturated carbocycles. The third-order valence-corrected chi connectivity index (χ3v) is 3.17. The summed E-state index contributed by atoms with van der Waals surface area (Å²) >= 11 is 0. The van der Waals surface area contributed by atoms with E-state index in [9.17, 15) is 4.79 Å². The monoisotopic (exact) mass is 234 g/mol. The van der Waals surface area contributed by atoms with E-state index in [-0.39, 0.29) is 11.7 Å². The van der Waals surface area contributed by atoms with E-state index in [0.717, 1.165) is 26.1 Å². The fourth-order valence-electron chi connectivity index (χ4n) is 2.14. The van der Waals surface area contributed by atoms with Crippen LogP contribution in [0.5, 0.6) is 5.75 Å². The first kappa shape index (κ1) is 11.9. The molecule has 1 unspecified atom stereocenters. The lowest BCUT2D eigenvalue weighted by Crippen LogP contribution is -2.30. The van der Waals surface area contributed by atoms with Crippen molar-refractivity contribution in [1.29, 1.82) is 0 Å². The second-order valence-electron chi connectivity index (χ2n) is 4.67. The molecule has 1 aliphatic rings. The van der Waals surface area contributed by atoms with Gasteiger partial charge in [0, 0.05) is 18.7 Å². The summed E-state index contributed by atoms with van der Waals surface area (Å²) in [6.07, 6.45) is 1.15. The number of nitrogens with one attached hydrogen (secondary N) is 1. The number of carbonyl (C=O) groups excluding carboxylic acids is 1. The van der Waals surface area contributed by atoms with Gasteiger partial charge in [-0.25, -0.2) is 0 Å². The zero-order valence-electron chi connectivity index (χ0n) is 10.0. The highest BCUT2D eigenvalue weighted by atomic mass is 16.3. The van der Waals surface area contributed by atoms with Crippen LogP contribution < -0.4 is 5.32 Å². The fourth-order valence-corrected chi connectivity index (χ4v) is 2.14. The van der Waals surface area contributed by atoms with Gasteiger partial charge >= 0.3 is 0 Å². The van der Waals surface area contributed by atoms with Gasteiger partial charge in [0.25, 0.3) is 5.91 Å². The molecule has 1 aromatic rings. The van der Waals surface area contributed by atoms with Crippen molar-refractivity contribution < 1.29 is 9.90 Å². The molecule has 2 rings (SSSR count). The van der Waals surface area contributed by atoms with Crippen LogP contribution in [-0.2, 0) is 0 Å². The third-order valence-electron chi connectivity index (χ3n) is 3.17. The highest BCUT2D eigenvalue weighted by Crippen LogP contribution is 2.13. The van der Waals surface area contributed by atoms with E-state index in [0.29, 0.717) is 11.5 Å². The molecular formula is C13H18N2O2. The summed E-state index contributed by atoms with van der Waals surface area (Å²) < 4.78 is 0. The van der Waals surface area contributed by atoms with Crippen molar-refractivity contribution in [2.75, 3.05) is 26.7 Å². The van der Waals surface area contributed by atoms with E-state index in [4.69, 9.17) is 5.11 Å². The Hall–Kier alpha value is -1.55. The number of phenols is 1. The molecule has 4 heteroatoms. The van der Waals surface area contributed by atoms with Crippen LogP contribution in [0.15, 0.2) is 24.3 Å². The van der Waals surface area contributed by atoms with E-state index < -0.39 is 0 Å². The van der Waals surface area contributed by atoms with Crippen LogP contribution in [-0.4, -0.2) is 42.6 Å². The highest BCUT2D eigenvalue weighted by molar-refractivity contribution is 5.94. The number of hydrogen-bond acceptors (Lipinski definition) is 3. The average molecular weight is 234 g/mol.